The van der Waals surface area contributed by atoms with Crippen LogP contribution in [0.1, 0.15) is 54.5 Å². The highest BCUT2D eigenvalue weighted by Crippen LogP contribution is 2.49. The highest BCUT2D eigenvalue weighted by Gasteiger charge is 2.46. The number of nitrogens with one attached hydrogen (secondary N) is 1. The van der Waals surface area contributed by atoms with E-state index in [0.717, 1.165) is 69.1 Å². The lowest BCUT2D eigenvalue weighted by molar-refractivity contribution is -0.0886. The number of piperidine rings is 1. The van der Waals surface area contributed by atoms with Crippen LogP contribution in [0.3, 0.4) is 0 Å². The quantitative estimate of drug-likeness (QED) is 0.765. The molecule has 2 aromatic rings. The number of aromatic nitrogens is 2. The highest BCUT2D eigenvalue weighted by molar-refractivity contribution is 6.30. The molecule has 0 saturated carbocycles. The summed E-state index contributed by atoms with van der Waals surface area (Å²) in [5, 5.41) is 13.1. The third kappa shape index (κ3) is 3.63. The van der Waals surface area contributed by atoms with Crippen molar-refractivity contribution >= 4 is 17.8 Å². The Labute approximate surface area is 176 Å². The Morgan fingerprint density at radius 1 is 1.24 bits per heavy atom. The molecule has 0 aliphatic carbocycles. The van der Waals surface area contributed by atoms with Gasteiger partial charge in [-0.25, -0.2) is 0 Å². The van der Waals surface area contributed by atoms with Crippen LogP contribution in [-0.4, -0.2) is 47.2 Å². The number of fused-ring (bicyclic) bond motifs is 2. The maximum absolute atomic E-state index is 7.75. The third-order valence-electron chi connectivity index (χ3n) is 6.61. The summed E-state index contributed by atoms with van der Waals surface area (Å²) in [6.45, 7) is 4.49. The summed E-state index contributed by atoms with van der Waals surface area (Å²) in [6, 6.07) is 6.41. The molecule has 3 aliphatic rings. The van der Waals surface area contributed by atoms with E-state index in [-0.39, 0.29) is 11.7 Å². The van der Waals surface area contributed by atoms with Crippen LogP contribution in [0.25, 0.3) is 0 Å². The first-order valence-corrected chi connectivity index (χ1v) is 10.9. The third-order valence-corrected chi connectivity index (χ3v) is 6.84. The lowest BCUT2D eigenvalue weighted by Crippen LogP contribution is -2.42. The summed E-state index contributed by atoms with van der Waals surface area (Å²) >= 11 is 6.28. The summed E-state index contributed by atoms with van der Waals surface area (Å²) in [7, 11) is 0. The molecular weight excluding hydrogens is 388 g/mol. The number of hydrogen-bond donors (Lipinski definition) is 1. The fraction of sp³-hybridized carbons (Fsp3) is 0.545. The Balaban J connectivity index is 1.25. The van der Waals surface area contributed by atoms with E-state index in [1.807, 2.05) is 24.4 Å². The molecule has 1 N–H and O–H groups in total. The van der Waals surface area contributed by atoms with E-state index < -0.39 is 0 Å². The van der Waals surface area contributed by atoms with Gasteiger partial charge in [0.15, 0.2) is 0 Å². The number of likely N-dealkylation sites (tertiary alicyclic amines) is 1. The monoisotopic (exact) mass is 414 g/mol. The summed E-state index contributed by atoms with van der Waals surface area (Å²) in [4.78, 5) is 2.47. The molecule has 7 heteroatoms. The van der Waals surface area contributed by atoms with Crippen LogP contribution in [-0.2, 0) is 21.6 Å². The van der Waals surface area contributed by atoms with Gasteiger partial charge < -0.3 is 14.9 Å². The van der Waals surface area contributed by atoms with Crippen molar-refractivity contribution in [3.8, 4) is 0 Å². The Morgan fingerprint density at radius 3 is 2.79 bits per heavy atom. The lowest BCUT2D eigenvalue weighted by Gasteiger charge is -2.39. The Hall–Kier alpha value is -1.73. The number of nitrogens with zero attached hydrogens (tertiary/aromatic N) is 3. The highest BCUT2D eigenvalue weighted by atomic mass is 35.5. The zero-order valence-electron chi connectivity index (χ0n) is 16.5. The lowest BCUT2D eigenvalue weighted by atomic mass is 9.83. The van der Waals surface area contributed by atoms with E-state index in [0.29, 0.717) is 6.04 Å². The SMILES string of the molecule is N=CC1OC2(CCN(Cc3cnn(C4CCOCC4)c3)CC2)c2cc(Cl)ccc21. The van der Waals surface area contributed by atoms with E-state index in [1.165, 1.54) is 17.3 Å². The van der Waals surface area contributed by atoms with Crippen LogP contribution in [0, 0.1) is 5.41 Å². The predicted octanol–water partition coefficient (Wildman–Crippen LogP) is 4.10. The van der Waals surface area contributed by atoms with E-state index in [2.05, 4.69) is 20.9 Å². The van der Waals surface area contributed by atoms with Gasteiger partial charge in [0.1, 0.15) is 6.10 Å². The van der Waals surface area contributed by atoms with Gasteiger partial charge in [0.05, 0.1) is 17.8 Å². The second-order valence-corrected chi connectivity index (χ2v) is 8.82. The molecular formula is C22H27ClN4O2. The van der Waals surface area contributed by atoms with Crippen molar-refractivity contribution in [1.82, 2.24) is 14.7 Å². The summed E-state index contributed by atoms with van der Waals surface area (Å²) in [5.74, 6) is 0. The molecule has 1 aromatic carbocycles. The summed E-state index contributed by atoms with van der Waals surface area (Å²) in [6.07, 6.45) is 9.27. The van der Waals surface area contributed by atoms with Crippen molar-refractivity contribution in [2.45, 2.75) is 50.0 Å². The summed E-state index contributed by atoms with van der Waals surface area (Å²) < 4.78 is 14.0. The molecule has 1 unspecified atom stereocenters. The largest absolute Gasteiger partial charge is 0.381 e. The molecule has 6 nitrogen and oxygen atoms in total. The molecule has 0 radical (unpaired) electrons. The first-order valence-electron chi connectivity index (χ1n) is 10.5. The molecule has 0 amide bonds. The fourth-order valence-corrected chi connectivity index (χ4v) is 5.16. The average Bonchev–Trinajstić information content (AvgIpc) is 3.34. The molecule has 29 heavy (non-hydrogen) atoms. The van der Waals surface area contributed by atoms with Gasteiger partial charge >= 0.3 is 0 Å². The smallest absolute Gasteiger partial charge is 0.118 e. The van der Waals surface area contributed by atoms with Gasteiger partial charge in [0.25, 0.3) is 0 Å². The number of hydrogen-bond acceptors (Lipinski definition) is 5. The normalized spacial score (nSPS) is 24.7. The van der Waals surface area contributed by atoms with Crippen molar-refractivity contribution in [2.24, 2.45) is 0 Å². The topological polar surface area (TPSA) is 63.4 Å². The minimum atomic E-state index is -0.314. The maximum atomic E-state index is 7.75. The molecule has 3 aliphatic heterocycles. The van der Waals surface area contributed by atoms with Gasteiger partial charge in [0, 0.05) is 55.8 Å². The van der Waals surface area contributed by atoms with Crippen LogP contribution in [0.2, 0.25) is 5.02 Å². The van der Waals surface area contributed by atoms with Gasteiger partial charge in [0.2, 0.25) is 0 Å². The van der Waals surface area contributed by atoms with E-state index in [1.54, 1.807) is 0 Å². The zero-order chi connectivity index (χ0) is 19.8. The van der Waals surface area contributed by atoms with Gasteiger partial charge in [-0.3, -0.25) is 9.58 Å². The molecule has 1 aromatic heterocycles. The molecule has 1 spiro atoms. The van der Waals surface area contributed by atoms with Gasteiger partial charge in [-0.2, -0.15) is 5.10 Å². The van der Waals surface area contributed by atoms with Crippen molar-refractivity contribution in [3.05, 3.63) is 52.3 Å². The summed E-state index contributed by atoms with van der Waals surface area (Å²) in [5.41, 5.74) is 3.22. The average molecular weight is 415 g/mol. The second-order valence-electron chi connectivity index (χ2n) is 8.38. The number of ether oxygens (including phenoxy) is 2. The number of rotatable bonds is 4. The first-order chi connectivity index (χ1) is 14.2. The van der Waals surface area contributed by atoms with Crippen LogP contribution in [0.5, 0.6) is 0 Å². The Kier molecular flexibility index (Phi) is 5.20. The zero-order valence-corrected chi connectivity index (χ0v) is 17.3. The molecule has 154 valence electrons. The van der Waals surface area contributed by atoms with Crippen molar-refractivity contribution in [2.75, 3.05) is 26.3 Å². The predicted molar refractivity (Wildman–Crippen MR) is 112 cm³/mol. The van der Waals surface area contributed by atoms with Crippen molar-refractivity contribution < 1.29 is 9.47 Å². The van der Waals surface area contributed by atoms with Crippen molar-refractivity contribution in [3.63, 3.8) is 0 Å². The van der Waals surface area contributed by atoms with Crippen LogP contribution >= 0.6 is 11.6 Å². The Bertz CT molecular complexity index is 885. The van der Waals surface area contributed by atoms with Gasteiger partial charge in [-0.05, 0) is 48.9 Å². The van der Waals surface area contributed by atoms with E-state index in [9.17, 15) is 0 Å². The minimum Gasteiger partial charge on any atom is -0.381 e. The number of benzene rings is 1. The first kappa shape index (κ1) is 19.2. The molecule has 0 bridgehead atoms. The molecule has 5 rings (SSSR count). The molecule has 2 saturated heterocycles. The standard InChI is InChI=1S/C22H27ClN4O2/c23-17-1-2-19-20(11-17)22(29-21(19)12-24)5-7-26(8-6-22)14-16-13-25-27(15-16)18-3-9-28-10-4-18/h1-2,11-13,15,18,21,24H,3-10,14H2. The fourth-order valence-electron chi connectivity index (χ4n) is 4.99. The molecule has 2 fully saturated rings. The van der Waals surface area contributed by atoms with Crippen LogP contribution in [0.4, 0.5) is 0 Å². The van der Waals surface area contributed by atoms with Gasteiger partial charge in [-0.1, -0.05) is 17.7 Å². The minimum absolute atomic E-state index is 0.258. The number of halogens is 1. The van der Waals surface area contributed by atoms with Crippen LogP contribution < -0.4 is 0 Å². The van der Waals surface area contributed by atoms with Crippen LogP contribution in [0.15, 0.2) is 30.6 Å². The Morgan fingerprint density at radius 2 is 2.03 bits per heavy atom. The second kappa shape index (κ2) is 7.84. The van der Waals surface area contributed by atoms with E-state index in [4.69, 9.17) is 26.5 Å². The maximum Gasteiger partial charge on any atom is 0.118 e. The molecule has 4 heterocycles. The van der Waals surface area contributed by atoms with Gasteiger partial charge in [-0.15, -0.1) is 0 Å². The van der Waals surface area contributed by atoms with Crippen molar-refractivity contribution in [1.29, 1.82) is 5.41 Å². The molecule has 1 atom stereocenters. The van der Waals surface area contributed by atoms with E-state index >= 15 is 0 Å².